The van der Waals surface area contributed by atoms with E-state index < -0.39 is 22.7 Å². The third kappa shape index (κ3) is 3.90. The van der Waals surface area contributed by atoms with Crippen LogP contribution in [0.2, 0.25) is 0 Å². The molecule has 174 valence electrons. The fraction of sp³-hybridized carbons (Fsp3) is 0.190. The summed E-state index contributed by atoms with van der Waals surface area (Å²) in [6, 6.07) is 8.38. The van der Waals surface area contributed by atoms with Gasteiger partial charge in [-0.25, -0.2) is 4.79 Å². The number of allylic oxidation sites excluding steroid dienone is 1. The monoisotopic (exact) mass is 466 g/mol. The second-order valence-electron chi connectivity index (χ2n) is 7.05. The second-order valence-corrected chi connectivity index (χ2v) is 7.05. The number of nitro benzene ring substituents is 1. The van der Waals surface area contributed by atoms with Crippen LogP contribution in [0.1, 0.15) is 28.9 Å². The molecule has 0 bridgehead atoms. The number of nitrogens with zero attached hydrogens (tertiary/aromatic N) is 5. The summed E-state index contributed by atoms with van der Waals surface area (Å²) in [5.41, 5.74) is 0.0784. The number of hydrogen-bond acceptors (Lipinski definition) is 11. The summed E-state index contributed by atoms with van der Waals surface area (Å²) in [5, 5.41) is 35.3. The molecule has 0 fully saturated rings. The maximum Gasteiger partial charge on any atom is 0.355 e. The lowest BCUT2D eigenvalue weighted by Gasteiger charge is -2.28. The number of esters is 1. The highest BCUT2D eigenvalue weighted by Crippen LogP contribution is 2.39. The molecule has 0 unspecified atom stereocenters. The van der Waals surface area contributed by atoms with Crippen molar-refractivity contribution in [3.05, 3.63) is 75.0 Å². The third-order valence-corrected chi connectivity index (χ3v) is 5.09. The number of carbonyl (C=O) groups excluding carboxylic acids is 2. The van der Waals surface area contributed by atoms with E-state index in [1.165, 1.54) is 47.1 Å². The molecule has 2 N–H and O–H groups in total. The Balaban J connectivity index is 1.92. The van der Waals surface area contributed by atoms with Crippen molar-refractivity contribution in [2.45, 2.75) is 13.0 Å². The first-order chi connectivity index (χ1) is 16.3. The average molecular weight is 466 g/mol. The van der Waals surface area contributed by atoms with Gasteiger partial charge in [-0.15, -0.1) is 0 Å². The van der Waals surface area contributed by atoms with Gasteiger partial charge in [0.1, 0.15) is 11.7 Å². The van der Waals surface area contributed by atoms with Crippen molar-refractivity contribution < 1.29 is 29.1 Å². The van der Waals surface area contributed by atoms with Crippen molar-refractivity contribution in [2.75, 3.05) is 19.0 Å². The van der Waals surface area contributed by atoms with Crippen molar-refractivity contribution in [3.63, 3.8) is 0 Å². The molecule has 13 nitrogen and oxygen atoms in total. The molecule has 1 atom stereocenters. The van der Waals surface area contributed by atoms with Gasteiger partial charge in [-0.05, 0) is 47.2 Å². The number of hydrogen-bond donors (Lipinski definition) is 2. The maximum absolute atomic E-state index is 13.7. The van der Waals surface area contributed by atoms with Gasteiger partial charge in [0.25, 0.3) is 5.69 Å². The smallest absolute Gasteiger partial charge is 0.355 e. The number of ketones is 1. The van der Waals surface area contributed by atoms with Gasteiger partial charge in [0.15, 0.2) is 17.3 Å². The molecule has 1 aromatic heterocycles. The zero-order valence-electron chi connectivity index (χ0n) is 18.0. The molecule has 2 heterocycles. The molecule has 0 radical (unpaired) electrons. The predicted octanol–water partition coefficient (Wildman–Crippen LogP) is 2.01. The molecular weight excluding hydrogens is 448 g/mol. The third-order valence-electron chi connectivity index (χ3n) is 5.09. The number of carbonyl (C=O) groups is 2. The maximum atomic E-state index is 13.7. The van der Waals surface area contributed by atoms with Gasteiger partial charge in [0.05, 0.1) is 24.2 Å². The fourth-order valence-corrected chi connectivity index (χ4v) is 3.56. The van der Waals surface area contributed by atoms with E-state index in [2.05, 4.69) is 20.8 Å². The number of phenols is 1. The molecule has 1 aliphatic heterocycles. The van der Waals surface area contributed by atoms with E-state index in [4.69, 9.17) is 9.47 Å². The van der Waals surface area contributed by atoms with Gasteiger partial charge in [-0.3, -0.25) is 14.9 Å². The second kappa shape index (κ2) is 8.97. The molecule has 34 heavy (non-hydrogen) atoms. The van der Waals surface area contributed by atoms with Gasteiger partial charge >= 0.3 is 5.97 Å². The lowest BCUT2D eigenvalue weighted by Crippen LogP contribution is -2.33. The summed E-state index contributed by atoms with van der Waals surface area (Å²) in [6.07, 6.45) is 0. The number of phenolic OH excluding ortho intramolecular Hbond substituents is 1. The summed E-state index contributed by atoms with van der Waals surface area (Å²) >= 11 is 0. The number of benzene rings is 2. The van der Waals surface area contributed by atoms with Crippen LogP contribution in [0.4, 0.5) is 11.6 Å². The summed E-state index contributed by atoms with van der Waals surface area (Å²) in [7, 11) is 1.16. The minimum absolute atomic E-state index is 0.0614. The molecule has 0 saturated carbocycles. The van der Waals surface area contributed by atoms with Crippen molar-refractivity contribution in [3.8, 4) is 11.5 Å². The molecule has 2 aromatic carbocycles. The minimum atomic E-state index is -1.01. The number of rotatable bonds is 7. The first-order valence-corrected chi connectivity index (χ1v) is 9.98. The van der Waals surface area contributed by atoms with E-state index in [1.807, 2.05) is 0 Å². The Hall–Kier alpha value is -4.81. The van der Waals surface area contributed by atoms with Gasteiger partial charge in [0, 0.05) is 17.7 Å². The predicted molar refractivity (Wildman–Crippen MR) is 115 cm³/mol. The van der Waals surface area contributed by atoms with Crippen LogP contribution >= 0.6 is 0 Å². The number of methoxy groups -OCH3 is 1. The van der Waals surface area contributed by atoms with Crippen molar-refractivity contribution in [1.29, 1.82) is 0 Å². The number of aromatic nitrogens is 4. The highest BCUT2D eigenvalue weighted by molar-refractivity contribution is 6.15. The van der Waals surface area contributed by atoms with Crippen LogP contribution in [0.25, 0.3) is 0 Å². The lowest BCUT2D eigenvalue weighted by molar-refractivity contribution is -0.384. The number of nitro groups is 1. The molecule has 4 rings (SSSR count). The average Bonchev–Trinajstić information content (AvgIpc) is 3.32. The summed E-state index contributed by atoms with van der Waals surface area (Å²) in [6.45, 7) is 2.02. The quantitative estimate of drug-likeness (QED) is 0.226. The van der Waals surface area contributed by atoms with E-state index in [9.17, 15) is 24.8 Å². The van der Waals surface area contributed by atoms with Gasteiger partial charge in [-0.1, -0.05) is 11.2 Å². The number of non-ortho nitro benzene ring substituents is 1. The molecule has 0 aliphatic carbocycles. The number of aromatic hydroxyl groups is 1. The summed E-state index contributed by atoms with van der Waals surface area (Å²) in [5.74, 6) is -1.32. The molecular formula is C21H18N6O7. The highest BCUT2D eigenvalue weighted by atomic mass is 16.6. The molecule has 0 amide bonds. The van der Waals surface area contributed by atoms with E-state index in [0.717, 1.165) is 7.11 Å². The Kier molecular flexibility index (Phi) is 5.91. The Labute approximate surface area is 191 Å². The van der Waals surface area contributed by atoms with Gasteiger partial charge < -0.3 is 19.9 Å². The van der Waals surface area contributed by atoms with Crippen LogP contribution in [0.3, 0.4) is 0 Å². The van der Waals surface area contributed by atoms with Crippen molar-refractivity contribution in [1.82, 2.24) is 20.2 Å². The molecule has 13 heteroatoms. The Morgan fingerprint density at radius 3 is 2.62 bits per heavy atom. The van der Waals surface area contributed by atoms with Gasteiger partial charge in [0.2, 0.25) is 5.95 Å². The zero-order chi connectivity index (χ0) is 24.4. The minimum Gasteiger partial charge on any atom is -0.504 e. The number of ether oxygens (including phenoxy) is 2. The fourth-order valence-electron chi connectivity index (χ4n) is 3.56. The number of tetrazole rings is 1. The Bertz CT molecular complexity index is 1320. The Morgan fingerprint density at radius 1 is 1.24 bits per heavy atom. The van der Waals surface area contributed by atoms with Crippen LogP contribution in [0.5, 0.6) is 11.5 Å². The summed E-state index contributed by atoms with van der Waals surface area (Å²) in [4.78, 5) is 36.7. The first-order valence-electron chi connectivity index (χ1n) is 9.98. The van der Waals surface area contributed by atoms with Crippen LogP contribution in [0.15, 0.2) is 53.7 Å². The molecule has 3 aromatic rings. The van der Waals surface area contributed by atoms with Crippen LogP contribution in [-0.4, -0.2) is 55.7 Å². The molecule has 1 aliphatic rings. The van der Waals surface area contributed by atoms with Crippen LogP contribution in [-0.2, 0) is 9.53 Å². The van der Waals surface area contributed by atoms with E-state index in [-0.39, 0.29) is 46.6 Å². The first kappa shape index (κ1) is 22.4. The number of fused-ring (bicyclic) bond motifs is 1. The normalized spacial score (nSPS) is 14.7. The SMILES string of the molecule is CCOc1cc([C@H]2C(C(=O)c3ccc([N+](=O)[O-])cc3)=C(C(=O)OC)Nc3nnnn32)ccc1O. The van der Waals surface area contributed by atoms with Crippen LogP contribution < -0.4 is 10.1 Å². The Morgan fingerprint density at radius 2 is 1.97 bits per heavy atom. The number of anilines is 1. The standard InChI is InChI=1S/C21H18N6O7/c1-3-34-15-10-12(6-9-14(15)28)18-16(19(29)11-4-7-13(8-5-11)27(31)32)17(20(30)33-2)22-21-23-24-25-26(18)21/h4-10,18,28H,3H2,1-2H3,(H,22,23,25)/t18-/m0/s1. The van der Waals surface area contributed by atoms with Gasteiger partial charge in [-0.2, -0.15) is 4.68 Å². The number of Topliss-reactive ketones (excluding diaryl/α,β-unsaturated/α-hetero) is 1. The van der Waals surface area contributed by atoms with Crippen LogP contribution in [0, 0.1) is 10.1 Å². The molecule has 0 spiro atoms. The lowest BCUT2D eigenvalue weighted by atomic mass is 9.89. The van der Waals surface area contributed by atoms with Crippen molar-refractivity contribution >= 4 is 23.4 Å². The zero-order valence-corrected chi connectivity index (χ0v) is 18.0. The summed E-state index contributed by atoms with van der Waals surface area (Å²) < 4.78 is 11.6. The number of nitrogens with one attached hydrogen (secondary N) is 1. The topological polar surface area (TPSA) is 172 Å². The largest absolute Gasteiger partial charge is 0.504 e. The highest BCUT2D eigenvalue weighted by Gasteiger charge is 2.39. The van der Waals surface area contributed by atoms with E-state index >= 15 is 0 Å². The van der Waals surface area contributed by atoms with E-state index in [0.29, 0.717) is 5.56 Å². The van der Waals surface area contributed by atoms with E-state index in [1.54, 1.807) is 6.92 Å². The molecule has 0 saturated heterocycles. The van der Waals surface area contributed by atoms with Crippen molar-refractivity contribution in [2.24, 2.45) is 0 Å².